The predicted octanol–water partition coefficient (Wildman–Crippen LogP) is 9.71. The van der Waals surface area contributed by atoms with Crippen LogP contribution in [-0.2, 0) is 0 Å². The van der Waals surface area contributed by atoms with Crippen LogP contribution in [0.15, 0.2) is 36.4 Å². The monoisotopic (exact) mass is 434 g/mol. The first-order valence-corrected chi connectivity index (χ1v) is 12.8. The summed E-state index contributed by atoms with van der Waals surface area (Å²) in [5.41, 5.74) is 2.87. The second-order valence-electron chi connectivity index (χ2n) is 10.1. The zero-order valence-corrected chi connectivity index (χ0v) is 19.3. The van der Waals surface area contributed by atoms with Gasteiger partial charge in [-0.15, -0.1) is 0 Å². The minimum atomic E-state index is -4.18. The molecule has 0 N–H and O–H groups in total. The van der Waals surface area contributed by atoms with Crippen molar-refractivity contribution in [2.75, 3.05) is 0 Å². The van der Waals surface area contributed by atoms with E-state index in [0.717, 1.165) is 31.6 Å². The Balaban J connectivity index is 1.39. The van der Waals surface area contributed by atoms with E-state index in [2.05, 4.69) is 31.2 Å². The fraction of sp³-hybridized carbons (Fsp3) is 0.714. The van der Waals surface area contributed by atoms with E-state index in [4.69, 9.17) is 0 Å². The topological polar surface area (TPSA) is 0 Å². The third-order valence-corrected chi connectivity index (χ3v) is 7.77. The Morgan fingerprint density at radius 2 is 1.26 bits per heavy atom. The number of benzene rings is 1. The third-order valence-electron chi connectivity index (χ3n) is 7.77. The molecule has 0 amide bonds. The molecule has 0 atom stereocenters. The number of alkyl halides is 3. The lowest BCUT2D eigenvalue weighted by Crippen LogP contribution is -2.14. The SMILES string of the molecule is CCCCCCC[C@H]1CC[C@H](c2ccc([C@H]3CC[C@H](C=CC(F)(F)F)CC3)cc2)CC1. The van der Waals surface area contributed by atoms with Crippen LogP contribution in [0, 0.1) is 11.8 Å². The van der Waals surface area contributed by atoms with Crippen molar-refractivity contribution in [1.29, 1.82) is 0 Å². The summed E-state index contributed by atoms with van der Waals surface area (Å²) in [6.45, 7) is 2.28. The maximum atomic E-state index is 12.4. The minimum Gasteiger partial charge on any atom is -0.167 e. The third kappa shape index (κ3) is 8.31. The van der Waals surface area contributed by atoms with Crippen LogP contribution >= 0.6 is 0 Å². The number of halogens is 3. The fourth-order valence-corrected chi connectivity index (χ4v) is 5.75. The molecule has 0 heterocycles. The summed E-state index contributed by atoms with van der Waals surface area (Å²) in [5, 5.41) is 0. The molecule has 2 aliphatic rings. The van der Waals surface area contributed by atoms with Crippen molar-refractivity contribution in [1.82, 2.24) is 0 Å². The normalized spacial score (nSPS) is 27.6. The predicted molar refractivity (Wildman–Crippen MR) is 124 cm³/mol. The van der Waals surface area contributed by atoms with E-state index in [0.29, 0.717) is 17.9 Å². The lowest BCUT2D eigenvalue weighted by Gasteiger charge is -2.30. The summed E-state index contributed by atoms with van der Waals surface area (Å²) >= 11 is 0. The maximum absolute atomic E-state index is 12.4. The van der Waals surface area contributed by atoms with Crippen LogP contribution in [0.3, 0.4) is 0 Å². The van der Waals surface area contributed by atoms with Crippen LogP contribution in [0.25, 0.3) is 0 Å². The molecule has 1 aromatic carbocycles. The molecule has 0 unspecified atom stereocenters. The highest BCUT2D eigenvalue weighted by molar-refractivity contribution is 5.28. The Bertz CT molecular complexity index is 642. The van der Waals surface area contributed by atoms with Gasteiger partial charge in [0.15, 0.2) is 0 Å². The number of allylic oxidation sites excluding steroid dienone is 2. The molecule has 1 aromatic rings. The first kappa shape index (κ1) is 24.4. The Morgan fingerprint density at radius 1 is 0.742 bits per heavy atom. The van der Waals surface area contributed by atoms with Crippen molar-refractivity contribution in [3.8, 4) is 0 Å². The van der Waals surface area contributed by atoms with Crippen molar-refractivity contribution >= 4 is 0 Å². The summed E-state index contributed by atoms with van der Waals surface area (Å²) < 4.78 is 37.1. The summed E-state index contributed by atoms with van der Waals surface area (Å²) in [6, 6.07) is 9.26. The number of rotatable bonds is 9. The second-order valence-corrected chi connectivity index (χ2v) is 10.1. The summed E-state index contributed by atoms with van der Waals surface area (Å²) in [5.74, 6) is 2.25. The first-order chi connectivity index (χ1) is 14.9. The molecule has 31 heavy (non-hydrogen) atoms. The lowest BCUT2D eigenvalue weighted by atomic mass is 9.75. The van der Waals surface area contributed by atoms with Gasteiger partial charge in [0, 0.05) is 6.08 Å². The van der Waals surface area contributed by atoms with E-state index >= 15 is 0 Å². The zero-order valence-electron chi connectivity index (χ0n) is 19.3. The minimum absolute atomic E-state index is 0.0824. The van der Waals surface area contributed by atoms with Gasteiger partial charge in [-0.3, -0.25) is 0 Å². The highest BCUT2D eigenvalue weighted by atomic mass is 19.4. The van der Waals surface area contributed by atoms with E-state index in [1.807, 2.05) is 0 Å². The van der Waals surface area contributed by atoms with Gasteiger partial charge >= 0.3 is 6.18 Å². The molecule has 0 spiro atoms. The largest absolute Gasteiger partial charge is 0.409 e. The van der Waals surface area contributed by atoms with Gasteiger partial charge in [-0.1, -0.05) is 75.8 Å². The molecule has 0 radical (unpaired) electrons. The van der Waals surface area contributed by atoms with Gasteiger partial charge < -0.3 is 0 Å². The number of hydrogen-bond acceptors (Lipinski definition) is 0. The van der Waals surface area contributed by atoms with E-state index in [1.54, 1.807) is 0 Å². The molecular formula is C28H41F3. The van der Waals surface area contributed by atoms with Gasteiger partial charge in [-0.05, 0) is 86.2 Å². The Kier molecular flexibility index (Phi) is 9.53. The Hall–Kier alpha value is -1.25. The molecule has 0 aliphatic heterocycles. The van der Waals surface area contributed by atoms with Crippen LogP contribution in [-0.4, -0.2) is 6.18 Å². The molecule has 2 aliphatic carbocycles. The van der Waals surface area contributed by atoms with Gasteiger partial charge in [0.25, 0.3) is 0 Å². The summed E-state index contributed by atoms with van der Waals surface area (Å²) in [6.07, 6.45) is 15.1. The molecule has 0 aromatic heterocycles. The van der Waals surface area contributed by atoms with Crippen molar-refractivity contribution in [3.05, 3.63) is 47.5 Å². The molecule has 2 fully saturated rings. The van der Waals surface area contributed by atoms with Crippen molar-refractivity contribution in [3.63, 3.8) is 0 Å². The Morgan fingerprint density at radius 3 is 1.77 bits per heavy atom. The van der Waals surface area contributed by atoms with Crippen LogP contribution < -0.4 is 0 Å². The van der Waals surface area contributed by atoms with Crippen LogP contribution in [0.2, 0.25) is 0 Å². The second kappa shape index (κ2) is 12.1. The van der Waals surface area contributed by atoms with Gasteiger partial charge in [-0.2, -0.15) is 13.2 Å². The van der Waals surface area contributed by atoms with Gasteiger partial charge in [0.05, 0.1) is 0 Å². The van der Waals surface area contributed by atoms with E-state index < -0.39 is 6.18 Å². The van der Waals surface area contributed by atoms with E-state index in [-0.39, 0.29) is 5.92 Å². The average Bonchev–Trinajstić information content (AvgIpc) is 2.78. The number of hydrogen-bond donors (Lipinski definition) is 0. The molecule has 0 saturated heterocycles. The fourth-order valence-electron chi connectivity index (χ4n) is 5.75. The summed E-state index contributed by atoms with van der Waals surface area (Å²) in [4.78, 5) is 0. The smallest absolute Gasteiger partial charge is 0.167 e. The molecule has 0 nitrogen and oxygen atoms in total. The van der Waals surface area contributed by atoms with Crippen molar-refractivity contribution in [2.45, 2.75) is 115 Å². The first-order valence-electron chi connectivity index (χ1n) is 12.8. The molecule has 2 saturated carbocycles. The lowest BCUT2D eigenvalue weighted by molar-refractivity contribution is -0.0803. The average molecular weight is 435 g/mol. The van der Waals surface area contributed by atoms with Crippen molar-refractivity contribution < 1.29 is 13.2 Å². The highest BCUT2D eigenvalue weighted by Gasteiger charge is 2.26. The van der Waals surface area contributed by atoms with Crippen LogP contribution in [0.1, 0.15) is 120 Å². The molecule has 0 bridgehead atoms. The molecule has 3 rings (SSSR count). The van der Waals surface area contributed by atoms with E-state index in [9.17, 15) is 13.2 Å². The van der Waals surface area contributed by atoms with E-state index in [1.165, 1.54) is 81.4 Å². The quantitative estimate of drug-likeness (QED) is 0.268. The Labute approximate surface area is 187 Å². The molecule has 174 valence electrons. The van der Waals surface area contributed by atoms with Crippen LogP contribution in [0.5, 0.6) is 0 Å². The molecular weight excluding hydrogens is 393 g/mol. The van der Waals surface area contributed by atoms with Gasteiger partial charge in [0.1, 0.15) is 0 Å². The highest BCUT2D eigenvalue weighted by Crippen LogP contribution is 2.40. The van der Waals surface area contributed by atoms with Gasteiger partial charge in [0.2, 0.25) is 0 Å². The van der Waals surface area contributed by atoms with Crippen molar-refractivity contribution in [2.24, 2.45) is 11.8 Å². The van der Waals surface area contributed by atoms with Gasteiger partial charge in [-0.25, -0.2) is 0 Å². The number of unbranched alkanes of at least 4 members (excludes halogenated alkanes) is 4. The standard InChI is InChI=1S/C28H41F3/c1-2-3-4-5-6-7-22-8-12-24(13-9-22)26-16-18-27(19-17-26)25-14-10-23(11-15-25)20-21-28(29,30)31/h16-25H,2-15H2,1H3/t22-,23-,24-,25-. The molecule has 3 heteroatoms. The van der Waals surface area contributed by atoms with Crippen LogP contribution in [0.4, 0.5) is 13.2 Å². The maximum Gasteiger partial charge on any atom is 0.409 e. The zero-order chi connectivity index (χ0) is 22.1. The summed E-state index contributed by atoms with van der Waals surface area (Å²) in [7, 11) is 0.